The van der Waals surface area contributed by atoms with Crippen LogP contribution >= 0.6 is 11.3 Å². The van der Waals surface area contributed by atoms with Crippen molar-refractivity contribution in [2.45, 2.75) is 44.2 Å². The number of aliphatic hydroxyl groups excluding tert-OH is 1. The van der Waals surface area contributed by atoms with Crippen LogP contribution in [0.3, 0.4) is 0 Å². The van der Waals surface area contributed by atoms with Crippen molar-refractivity contribution in [2.24, 2.45) is 11.7 Å². The van der Waals surface area contributed by atoms with E-state index in [2.05, 4.69) is 0 Å². The van der Waals surface area contributed by atoms with E-state index in [1.165, 1.54) is 25.7 Å². The fraction of sp³-hybridized carbons (Fsp3) is 0.667. The van der Waals surface area contributed by atoms with Crippen LogP contribution in [0.5, 0.6) is 0 Å². The molecule has 84 valence electrons. The smallest absolute Gasteiger partial charge is 0.103 e. The zero-order chi connectivity index (χ0) is 10.7. The second-order valence-corrected chi connectivity index (χ2v) is 5.49. The second-order valence-electron chi connectivity index (χ2n) is 4.51. The van der Waals surface area contributed by atoms with Crippen LogP contribution in [0.25, 0.3) is 0 Å². The molecule has 1 aromatic rings. The number of aliphatic hydroxyl groups is 1. The van der Waals surface area contributed by atoms with Gasteiger partial charge in [0.2, 0.25) is 0 Å². The van der Waals surface area contributed by atoms with Crippen LogP contribution in [0.15, 0.2) is 17.5 Å². The van der Waals surface area contributed by atoms with Crippen LogP contribution in [0, 0.1) is 5.92 Å². The molecule has 1 aliphatic carbocycles. The summed E-state index contributed by atoms with van der Waals surface area (Å²) < 4.78 is 0. The lowest BCUT2D eigenvalue weighted by molar-refractivity contribution is 0.137. The highest BCUT2D eigenvalue weighted by Crippen LogP contribution is 2.31. The van der Waals surface area contributed by atoms with Gasteiger partial charge in [-0.2, -0.15) is 0 Å². The average Bonchev–Trinajstić information content (AvgIpc) is 2.88. The molecular formula is C12H19NOS. The van der Waals surface area contributed by atoms with E-state index in [0.29, 0.717) is 0 Å². The first-order valence-electron chi connectivity index (χ1n) is 5.74. The Bertz CT molecular complexity index is 280. The zero-order valence-electron chi connectivity index (χ0n) is 8.93. The van der Waals surface area contributed by atoms with Gasteiger partial charge in [-0.3, -0.25) is 0 Å². The third-order valence-corrected chi connectivity index (χ3v) is 4.26. The molecule has 2 nitrogen and oxygen atoms in total. The lowest BCUT2D eigenvalue weighted by Gasteiger charge is -2.20. The van der Waals surface area contributed by atoms with Gasteiger partial charge in [0.25, 0.3) is 0 Å². The molecule has 2 atom stereocenters. The molecule has 2 unspecified atom stereocenters. The monoisotopic (exact) mass is 225 g/mol. The van der Waals surface area contributed by atoms with Gasteiger partial charge >= 0.3 is 0 Å². The predicted molar refractivity (Wildman–Crippen MR) is 63.8 cm³/mol. The Morgan fingerprint density at radius 1 is 1.47 bits per heavy atom. The maximum absolute atomic E-state index is 10.0. The van der Waals surface area contributed by atoms with E-state index in [1.54, 1.807) is 11.3 Å². The van der Waals surface area contributed by atoms with Crippen LogP contribution < -0.4 is 5.73 Å². The minimum absolute atomic E-state index is 0.0910. The number of rotatable bonds is 4. The summed E-state index contributed by atoms with van der Waals surface area (Å²) in [5.41, 5.74) is 6.04. The van der Waals surface area contributed by atoms with E-state index in [9.17, 15) is 5.11 Å². The van der Waals surface area contributed by atoms with Crippen molar-refractivity contribution < 1.29 is 5.11 Å². The highest BCUT2D eigenvalue weighted by molar-refractivity contribution is 7.10. The van der Waals surface area contributed by atoms with Gasteiger partial charge in [-0.25, -0.2) is 0 Å². The summed E-state index contributed by atoms with van der Waals surface area (Å²) in [4.78, 5) is 1.00. The molecule has 1 aromatic heterocycles. The molecule has 0 radical (unpaired) electrons. The van der Waals surface area contributed by atoms with Crippen molar-refractivity contribution in [1.82, 2.24) is 0 Å². The summed E-state index contributed by atoms with van der Waals surface area (Å²) >= 11 is 1.59. The van der Waals surface area contributed by atoms with E-state index in [1.807, 2.05) is 17.5 Å². The third kappa shape index (κ3) is 2.80. The Morgan fingerprint density at radius 3 is 2.80 bits per heavy atom. The standard InChI is InChI=1S/C12H19NOS/c13-10(8-9-4-1-2-5-9)12(14)11-6-3-7-15-11/h3,6-7,9-10,12,14H,1-2,4-5,8,13H2. The molecule has 0 bridgehead atoms. The van der Waals surface area contributed by atoms with Crippen LogP contribution in [0.2, 0.25) is 0 Å². The van der Waals surface area contributed by atoms with Gasteiger partial charge in [-0.05, 0) is 23.8 Å². The van der Waals surface area contributed by atoms with Gasteiger partial charge in [0, 0.05) is 10.9 Å². The fourth-order valence-electron chi connectivity index (χ4n) is 2.43. The summed E-state index contributed by atoms with van der Waals surface area (Å²) in [5.74, 6) is 0.745. The van der Waals surface area contributed by atoms with Crippen LogP contribution in [-0.4, -0.2) is 11.1 Å². The number of hydrogen-bond donors (Lipinski definition) is 2. The van der Waals surface area contributed by atoms with E-state index >= 15 is 0 Å². The van der Waals surface area contributed by atoms with Crippen molar-refractivity contribution >= 4 is 11.3 Å². The SMILES string of the molecule is NC(CC1CCCC1)C(O)c1cccs1. The first kappa shape index (κ1) is 11.1. The molecule has 0 aliphatic heterocycles. The van der Waals surface area contributed by atoms with E-state index < -0.39 is 6.10 Å². The molecule has 0 spiro atoms. The summed E-state index contributed by atoms with van der Waals surface area (Å²) in [6, 6.07) is 3.83. The number of hydrogen-bond acceptors (Lipinski definition) is 3. The highest BCUT2D eigenvalue weighted by Gasteiger charge is 2.23. The van der Waals surface area contributed by atoms with Gasteiger partial charge in [-0.1, -0.05) is 31.7 Å². The molecule has 0 amide bonds. The maximum Gasteiger partial charge on any atom is 0.103 e. The van der Waals surface area contributed by atoms with E-state index in [4.69, 9.17) is 5.73 Å². The lowest BCUT2D eigenvalue weighted by atomic mass is 9.95. The summed E-state index contributed by atoms with van der Waals surface area (Å²) in [6.07, 6.45) is 5.78. The topological polar surface area (TPSA) is 46.2 Å². The Balaban J connectivity index is 1.87. The van der Waals surface area contributed by atoms with Gasteiger partial charge in [0.15, 0.2) is 0 Å². The third-order valence-electron chi connectivity index (χ3n) is 3.32. The van der Waals surface area contributed by atoms with Crippen LogP contribution in [-0.2, 0) is 0 Å². The highest BCUT2D eigenvalue weighted by atomic mass is 32.1. The van der Waals surface area contributed by atoms with Gasteiger partial charge in [0.1, 0.15) is 6.10 Å². The quantitative estimate of drug-likeness (QED) is 0.827. The predicted octanol–water partition coefficient (Wildman–Crippen LogP) is 2.69. The molecule has 2 rings (SSSR count). The number of nitrogens with two attached hydrogens (primary N) is 1. The summed E-state index contributed by atoms with van der Waals surface area (Å²) in [7, 11) is 0. The van der Waals surface area contributed by atoms with E-state index in [0.717, 1.165) is 17.2 Å². The van der Waals surface area contributed by atoms with Crippen LogP contribution in [0.1, 0.15) is 43.1 Å². The first-order valence-corrected chi connectivity index (χ1v) is 6.62. The van der Waals surface area contributed by atoms with E-state index in [-0.39, 0.29) is 6.04 Å². The molecule has 0 saturated heterocycles. The number of thiophene rings is 1. The molecule has 3 N–H and O–H groups in total. The maximum atomic E-state index is 10.0. The summed E-state index contributed by atoms with van der Waals surface area (Å²) in [6.45, 7) is 0. The minimum atomic E-state index is -0.467. The average molecular weight is 225 g/mol. The molecule has 1 aliphatic rings. The molecule has 3 heteroatoms. The normalized spacial score (nSPS) is 21.7. The Hall–Kier alpha value is -0.380. The first-order chi connectivity index (χ1) is 7.27. The van der Waals surface area contributed by atoms with Crippen LogP contribution in [0.4, 0.5) is 0 Å². The molecule has 1 saturated carbocycles. The van der Waals surface area contributed by atoms with Crippen molar-refractivity contribution in [3.05, 3.63) is 22.4 Å². The Morgan fingerprint density at radius 2 is 2.20 bits per heavy atom. The van der Waals surface area contributed by atoms with Gasteiger partial charge in [-0.15, -0.1) is 11.3 Å². The van der Waals surface area contributed by atoms with Crippen molar-refractivity contribution in [3.63, 3.8) is 0 Å². The lowest BCUT2D eigenvalue weighted by Crippen LogP contribution is -2.29. The largest absolute Gasteiger partial charge is 0.386 e. The summed E-state index contributed by atoms with van der Waals surface area (Å²) in [5, 5.41) is 12.0. The van der Waals surface area contributed by atoms with Crippen molar-refractivity contribution in [1.29, 1.82) is 0 Å². The fourth-order valence-corrected chi connectivity index (χ4v) is 3.22. The van der Waals surface area contributed by atoms with Crippen molar-refractivity contribution in [2.75, 3.05) is 0 Å². The molecule has 1 heterocycles. The van der Waals surface area contributed by atoms with Gasteiger partial charge < -0.3 is 10.8 Å². The molecule has 0 aromatic carbocycles. The molecular weight excluding hydrogens is 206 g/mol. The minimum Gasteiger partial charge on any atom is -0.386 e. The Labute approximate surface area is 95.1 Å². The van der Waals surface area contributed by atoms with Gasteiger partial charge in [0.05, 0.1) is 0 Å². The Kier molecular flexibility index (Phi) is 3.78. The zero-order valence-corrected chi connectivity index (χ0v) is 9.75. The molecule has 15 heavy (non-hydrogen) atoms. The molecule has 1 fully saturated rings. The second kappa shape index (κ2) is 5.10. The van der Waals surface area contributed by atoms with Crippen molar-refractivity contribution in [3.8, 4) is 0 Å².